The molecule has 0 aliphatic heterocycles. The summed E-state index contributed by atoms with van der Waals surface area (Å²) in [5, 5.41) is 14.1. The fraction of sp³-hybridized carbons (Fsp3) is 0.429. The van der Waals surface area contributed by atoms with Crippen LogP contribution in [0.5, 0.6) is 0 Å². The molecule has 8 heteroatoms. The first-order valence-corrected chi connectivity index (χ1v) is 6.68. The number of hydrogen-bond donors (Lipinski definition) is 3. The second-order valence-corrected chi connectivity index (χ2v) is 5.29. The van der Waals surface area contributed by atoms with E-state index in [0.29, 0.717) is 12.8 Å². The van der Waals surface area contributed by atoms with Gasteiger partial charge in [0.25, 0.3) is 0 Å². The maximum Gasteiger partial charge on any atom is 0.416 e. The number of nitrogens with one attached hydrogen (secondary N) is 2. The highest BCUT2D eigenvalue weighted by atomic mass is 19.4. The van der Waals surface area contributed by atoms with Crippen molar-refractivity contribution < 1.29 is 27.9 Å². The molecule has 0 saturated heterocycles. The monoisotopic (exact) mass is 316 g/mol. The minimum Gasteiger partial charge on any atom is -0.388 e. The van der Waals surface area contributed by atoms with E-state index in [1.54, 1.807) is 0 Å². The van der Waals surface area contributed by atoms with Gasteiger partial charge >= 0.3 is 18.0 Å². The maximum absolute atomic E-state index is 12.5. The van der Waals surface area contributed by atoms with Crippen molar-refractivity contribution in [2.24, 2.45) is 0 Å². The average molecular weight is 316 g/mol. The lowest BCUT2D eigenvalue weighted by Gasteiger charge is -2.36. The van der Waals surface area contributed by atoms with Crippen LogP contribution >= 0.6 is 0 Å². The molecule has 1 aliphatic rings. The Morgan fingerprint density at radius 3 is 2.45 bits per heavy atom. The summed E-state index contributed by atoms with van der Waals surface area (Å²) in [5.41, 5.74) is -2.03. The zero-order valence-corrected chi connectivity index (χ0v) is 11.5. The van der Waals surface area contributed by atoms with Gasteiger partial charge in [-0.05, 0) is 37.5 Å². The lowest BCUT2D eigenvalue weighted by atomic mass is 9.80. The van der Waals surface area contributed by atoms with E-state index in [1.165, 1.54) is 6.07 Å². The van der Waals surface area contributed by atoms with E-state index in [2.05, 4.69) is 10.6 Å². The molecule has 1 aromatic carbocycles. The Kier molecular flexibility index (Phi) is 4.41. The van der Waals surface area contributed by atoms with E-state index in [4.69, 9.17) is 0 Å². The molecule has 22 heavy (non-hydrogen) atoms. The molecular weight excluding hydrogens is 301 g/mol. The van der Waals surface area contributed by atoms with Crippen molar-refractivity contribution in [3.63, 3.8) is 0 Å². The number of carbonyl (C=O) groups excluding carboxylic acids is 2. The van der Waals surface area contributed by atoms with E-state index >= 15 is 0 Å². The number of alkyl halides is 3. The van der Waals surface area contributed by atoms with Crippen LogP contribution in [0.3, 0.4) is 0 Å². The Hall–Kier alpha value is -2.09. The zero-order chi connectivity index (χ0) is 16.4. The molecule has 1 fully saturated rings. The third-order valence-corrected chi connectivity index (χ3v) is 3.52. The first kappa shape index (κ1) is 16.3. The van der Waals surface area contributed by atoms with Crippen LogP contribution in [0.15, 0.2) is 24.3 Å². The number of carbonyl (C=O) groups is 2. The van der Waals surface area contributed by atoms with Gasteiger partial charge in [0.15, 0.2) is 0 Å². The van der Waals surface area contributed by atoms with Crippen molar-refractivity contribution in [3.8, 4) is 0 Å². The van der Waals surface area contributed by atoms with Gasteiger partial charge in [0.1, 0.15) is 0 Å². The smallest absolute Gasteiger partial charge is 0.388 e. The van der Waals surface area contributed by atoms with Gasteiger partial charge < -0.3 is 15.7 Å². The standard InChI is InChI=1S/C14H15F3N2O3/c15-14(16,17)9-3-1-4-10(7-9)19-12(21)11(20)18-8-13(22)5-2-6-13/h1,3-4,7,22H,2,5-6,8H2,(H,18,20)(H,19,21). The minimum atomic E-state index is -4.53. The van der Waals surface area contributed by atoms with Crippen molar-refractivity contribution in [1.29, 1.82) is 0 Å². The lowest BCUT2D eigenvalue weighted by Crippen LogP contribution is -2.49. The molecule has 0 spiro atoms. The van der Waals surface area contributed by atoms with Crippen molar-refractivity contribution >= 4 is 17.5 Å². The van der Waals surface area contributed by atoms with Gasteiger partial charge in [-0.3, -0.25) is 9.59 Å². The summed E-state index contributed by atoms with van der Waals surface area (Å²) >= 11 is 0. The highest BCUT2D eigenvalue weighted by Crippen LogP contribution is 2.31. The predicted molar refractivity (Wildman–Crippen MR) is 71.9 cm³/mol. The highest BCUT2D eigenvalue weighted by Gasteiger charge is 2.35. The molecule has 3 N–H and O–H groups in total. The molecule has 1 saturated carbocycles. The Bertz CT molecular complexity index is 583. The molecule has 0 atom stereocenters. The van der Waals surface area contributed by atoms with Crippen molar-refractivity contribution in [2.75, 3.05) is 11.9 Å². The Morgan fingerprint density at radius 1 is 1.23 bits per heavy atom. The molecule has 1 aromatic rings. The molecule has 0 bridgehead atoms. The molecule has 2 amide bonds. The first-order chi connectivity index (χ1) is 10.2. The molecular formula is C14H15F3N2O3. The minimum absolute atomic E-state index is 0.0537. The summed E-state index contributed by atoms with van der Waals surface area (Å²) in [7, 11) is 0. The van der Waals surface area contributed by atoms with Gasteiger partial charge in [0, 0.05) is 12.2 Å². The molecule has 0 radical (unpaired) electrons. The number of aliphatic hydroxyl groups is 1. The number of hydrogen-bond acceptors (Lipinski definition) is 3. The van der Waals surface area contributed by atoms with Crippen LogP contribution in [-0.4, -0.2) is 29.1 Å². The second kappa shape index (κ2) is 5.96. The van der Waals surface area contributed by atoms with Crippen LogP contribution in [0.1, 0.15) is 24.8 Å². The molecule has 2 rings (SSSR count). The molecule has 0 aromatic heterocycles. The van der Waals surface area contributed by atoms with Crippen LogP contribution in [0.25, 0.3) is 0 Å². The van der Waals surface area contributed by atoms with Crippen molar-refractivity contribution in [1.82, 2.24) is 5.32 Å². The molecule has 0 unspecified atom stereocenters. The van der Waals surface area contributed by atoms with E-state index in [0.717, 1.165) is 24.6 Å². The van der Waals surface area contributed by atoms with Crippen molar-refractivity contribution in [2.45, 2.75) is 31.0 Å². The Labute approximate surface area is 124 Å². The van der Waals surface area contributed by atoms with Crippen LogP contribution < -0.4 is 10.6 Å². The topological polar surface area (TPSA) is 78.4 Å². The third kappa shape index (κ3) is 3.97. The summed E-state index contributed by atoms with van der Waals surface area (Å²) in [6.07, 6.45) is -2.59. The number of rotatable bonds is 3. The SMILES string of the molecule is O=C(NCC1(O)CCC1)C(=O)Nc1cccc(C(F)(F)F)c1. The summed E-state index contributed by atoms with van der Waals surface area (Å²) in [6, 6.07) is 3.99. The number of amides is 2. The van der Waals surface area contributed by atoms with Crippen LogP contribution in [0.4, 0.5) is 18.9 Å². The zero-order valence-electron chi connectivity index (χ0n) is 11.5. The summed E-state index contributed by atoms with van der Waals surface area (Å²) in [4.78, 5) is 23.2. The van der Waals surface area contributed by atoms with Gasteiger partial charge in [0.05, 0.1) is 11.2 Å². The van der Waals surface area contributed by atoms with Gasteiger partial charge in [0.2, 0.25) is 0 Å². The molecule has 0 heterocycles. The van der Waals surface area contributed by atoms with Crippen LogP contribution in [-0.2, 0) is 15.8 Å². The summed E-state index contributed by atoms with van der Waals surface area (Å²) in [5.74, 6) is -2.08. The molecule has 1 aliphatic carbocycles. The normalized spacial score (nSPS) is 16.5. The maximum atomic E-state index is 12.5. The third-order valence-electron chi connectivity index (χ3n) is 3.52. The van der Waals surface area contributed by atoms with E-state index < -0.39 is 29.2 Å². The highest BCUT2D eigenvalue weighted by molar-refractivity contribution is 6.39. The quantitative estimate of drug-likeness (QED) is 0.742. The van der Waals surface area contributed by atoms with E-state index in [9.17, 15) is 27.9 Å². The van der Waals surface area contributed by atoms with Crippen LogP contribution in [0, 0.1) is 0 Å². The van der Waals surface area contributed by atoms with Crippen LogP contribution in [0.2, 0.25) is 0 Å². The number of halogens is 3. The molecule has 5 nitrogen and oxygen atoms in total. The van der Waals surface area contributed by atoms with E-state index in [1.807, 2.05) is 0 Å². The van der Waals surface area contributed by atoms with Gasteiger partial charge in [-0.15, -0.1) is 0 Å². The first-order valence-electron chi connectivity index (χ1n) is 6.68. The lowest BCUT2D eigenvalue weighted by molar-refractivity contribution is -0.137. The van der Waals surface area contributed by atoms with Gasteiger partial charge in [-0.2, -0.15) is 13.2 Å². The largest absolute Gasteiger partial charge is 0.416 e. The van der Waals surface area contributed by atoms with Gasteiger partial charge in [-0.1, -0.05) is 6.07 Å². The van der Waals surface area contributed by atoms with E-state index in [-0.39, 0.29) is 12.2 Å². The van der Waals surface area contributed by atoms with Crippen molar-refractivity contribution in [3.05, 3.63) is 29.8 Å². The van der Waals surface area contributed by atoms with Gasteiger partial charge in [-0.25, -0.2) is 0 Å². The second-order valence-electron chi connectivity index (χ2n) is 5.29. The fourth-order valence-electron chi connectivity index (χ4n) is 2.05. The summed E-state index contributed by atoms with van der Waals surface area (Å²) < 4.78 is 37.6. The Balaban J connectivity index is 1.92. The number of benzene rings is 1. The fourth-order valence-corrected chi connectivity index (χ4v) is 2.05. The average Bonchev–Trinajstić information content (AvgIpc) is 2.42. The molecule has 120 valence electrons. The summed E-state index contributed by atoms with van der Waals surface area (Å²) in [6.45, 7) is -0.0537. The predicted octanol–water partition coefficient (Wildman–Crippen LogP) is 1.68. The number of anilines is 1. The Morgan fingerprint density at radius 2 is 1.91 bits per heavy atom.